The Hall–Kier alpha value is -2.02. The van der Waals surface area contributed by atoms with Crippen LogP contribution in [0.2, 0.25) is 5.02 Å². The highest BCUT2D eigenvalue weighted by Gasteiger charge is 2.21. The fourth-order valence-corrected chi connectivity index (χ4v) is 3.24. The number of benzene rings is 2. The predicted molar refractivity (Wildman–Crippen MR) is 89.2 cm³/mol. The van der Waals surface area contributed by atoms with Crippen molar-refractivity contribution in [3.05, 3.63) is 64.7 Å². The van der Waals surface area contributed by atoms with Crippen molar-refractivity contribution in [3.8, 4) is 6.07 Å². The van der Waals surface area contributed by atoms with E-state index >= 15 is 0 Å². The van der Waals surface area contributed by atoms with Gasteiger partial charge >= 0.3 is 0 Å². The summed E-state index contributed by atoms with van der Waals surface area (Å²) >= 11 is 6.28. The van der Waals surface area contributed by atoms with E-state index in [1.165, 1.54) is 5.56 Å². The molecule has 1 N–H and O–H groups in total. The van der Waals surface area contributed by atoms with Gasteiger partial charge in [-0.1, -0.05) is 35.9 Å². The zero-order valence-electron chi connectivity index (χ0n) is 12.4. The molecule has 112 valence electrons. The molecule has 1 aliphatic heterocycles. The van der Waals surface area contributed by atoms with E-state index < -0.39 is 0 Å². The van der Waals surface area contributed by atoms with E-state index in [2.05, 4.69) is 23.1 Å². The monoisotopic (exact) mass is 312 g/mol. The van der Waals surface area contributed by atoms with E-state index in [0.29, 0.717) is 0 Å². The molecule has 2 aromatic rings. The van der Waals surface area contributed by atoms with Crippen molar-refractivity contribution in [1.29, 1.82) is 5.26 Å². The average molecular weight is 313 g/mol. The van der Waals surface area contributed by atoms with Gasteiger partial charge in [0.05, 0.1) is 48.5 Å². The molecule has 0 spiro atoms. The van der Waals surface area contributed by atoms with Crippen LogP contribution in [-0.4, -0.2) is 26.2 Å². The van der Waals surface area contributed by atoms with Gasteiger partial charge in [0, 0.05) is 5.56 Å². The van der Waals surface area contributed by atoms with Gasteiger partial charge in [0.2, 0.25) is 0 Å². The topological polar surface area (TPSA) is 31.5 Å². The molecule has 22 heavy (non-hydrogen) atoms. The number of nitrogens with zero attached hydrogens (tertiary/aromatic N) is 2. The lowest BCUT2D eigenvalue weighted by Gasteiger charge is -2.34. The zero-order chi connectivity index (χ0) is 15.4. The van der Waals surface area contributed by atoms with E-state index in [0.717, 1.165) is 49.0 Å². The summed E-state index contributed by atoms with van der Waals surface area (Å²) < 4.78 is 0. The van der Waals surface area contributed by atoms with Crippen LogP contribution in [0.3, 0.4) is 0 Å². The number of para-hydroxylation sites is 1. The molecule has 0 unspecified atom stereocenters. The zero-order valence-corrected chi connectivity index (χ0v) is 13.2. The predicted octanol–water partition coefficient (Wildman–Crippen LogP) is 2.12. The smallest absolute Gasteiger partial charge is 0.103 e. The third kappa shape index (κ3) is 3.41. The quantitative estimate of drug-likeness (QED) is 0.941. The van der Waals surface area contributed by atoms with Gasteiger partial charge in [-0.2, -0.15) is 5.26 Å². The Balaban J connectivity index is 1.60. The molecule has 1 fully saturated rings. The Bertz CT molecular complexity index is 685. The molecule has 2 aromatic carbocycles. The van der Waals surface area contributed by atoms with Crippen molar-refractivity contribution < 1.29 is 4.90 Å². The minimum Gasteiger partial charge on any atom is -0.359 e. The van der Waals surface area contributed by atoms with Gasteiger partial charge in [-0.15, -0.1) is 0 Å². The number of quaternary nitrogens is 1. The van der Waals surface area contributed by atoms with E-state index in [1.807, 2.05) is 36.4 Å². The summed E-state index contributed by atoms with van der Waals surface area (Å²) in [5.41, 5.74) is 3.11. The van der Waals surface area contributed by atoms with Crippen LogP contribution in [0.1, 0.15) is 11.1 Å². The van der Waals surface area contributed by atoms with Gasteiger partial charge in [-0.05, 0) is 24.3 Å². The molecule has 0 radical (unpaired) electrons. The molecule has 0 amide bonds. The standard InChI is InChI=1S/C18H18ClN3/c19-17-6-1-2-7-18(17)22-10-8-21(9-11-22)14-16-5-3-4-15(12-16)13-20/h1-7,12H,8-11,14H2/p+1. The van der Waals surface area contributed by atoms with Crippen molar-refractivity contribution in [2.24, 2.45) is 0 Å². The van der Waals surface area contributed by atoms with Crippen molar-refractivity contribution in [1.82, 2.24) is 0 Å². The number of hydrogen-bond donors (Lipinski definition) is 1. The lowest BCUT2D eigenvalue weighted by Crippen LogP contribution is -3.13. The SMILES string of the molecule is N#Cc1cccc(C[NH+]2CCN(c3ccccc3Cl)CC2)c1. The molecule has 1 aliphatic rings. The number of halogens is 1. The third-order valence-corrected chi connectivity index (χ3v) is 4.49. The summed E-state index contributed by atoms with van der Waals surface area (Å²) in [5.74, 6) is 0. The number of hydrogen-bond acceptors (Lipinski definition) is 2. The van der Waals surface area contributed by atoms with Crippen LogP contribution in [0.4, 0.5) is 5.69 Å². The summed E-state index contributed by atoms with van der Waals surface area (Å²) in [4.78, 5) is 3.91. The first-order valence-electron chi connectivity index (χ1n) is 7.58. The summed E-state index contributed by atoms with van der Waals surface area (Å²) in [6.45, 7) is 5.17. The van der Waals surface area contributed by atoms with Crippen LogP contribution in [0.5, 0.6) is 0 Å². The fourth-order valence-electron chi connectivity index (χ4n) is 2.99. The van der Waals surface area contributed by atoms with Crippen LogP contribution >= 0.6 is 11.6 Å². The normalized spacial score (nSPS) is 15.5. The molecule has 3 nitrogen and oxygen atoms in total. The minimum atomic E-state index is 0.742. The Morgan fingerprint density at radius 2 is 1.86 bits per heavy atom. The van der Waals surface area contributed by atoms with Gasteiger partial charge in [0.15, 0.2) is 0 Å². The third-order valence-electron chi connectivity index (χ3n) is 4.17. The Labute approximate surface area is 136 Å². The molecule has 0 atom stereocenters. The highest BCUT2D eigenvalue weighted by molar-refractivity contribution is 6.33. The van der Waals surface area contributed by atoms with E-state index in [9.17, 15) is 0 Å². The Kier molecular flexibility index (Phi) is 4.62. The van der Waals surface area contributed by atoms with Crippen molar-refractivity contribution in [3.63, 3.8) is 0 Å². The molecular formula is C18H19ClN3+. The lowest BCUT2D eigenvalue weighted by atomic mass is 10.1. The Morgan fingerprint density at radius 1 is 1.09 bits per heavy atom. The molecule has 4 heteroatoms. The number of rotatable bonds is 3. The maximum atomic E-state index is 8.98. The molecule has 0 aliphatic carbocycles. The second kappa shape index (κ2) is 6.83. The van der Waals surface area contributed by atoms with Gasteiger partial charge in [-0.3, -0.25) is 0 Å². The second-order valence-corrected chi connectivity index (χ2v) is 6.08. The second-order valence-electron chi connectivity index (χ2n) is 5.68. The van der Waals surface area contributed by atoms with Crippen LogP contribution in [0.15, 0.2) is 48.5 Å². The van der Waals surface area contributed by atoms with Gasteiger partial charge in [-0.25, -0.2) is 0 Å². The number of anilines is 1. The van der Waals surface area contributed by atoms with Crippen LogP contribution in [-0.2, 0) is 6.54 Å². The number of piperazine rings is 1. The van der Waals surface area contributed by atoms with E-state index in [1.54, 1.807) is 4.90 Å². The highest BCUT2D eigenvalue weighted by atomic mass is 35.5. The van der Waals surface area contributed by atoms with Crippen LogP contribution < -0.4 is 9.80 Å². The van der Waals surface area contributed by atoms with Crippen molar-refractivity contribution in [2.75, 3.05) is 31.1 Å². The largest absolute Gasteiger partial charge is 0.359 e. The molecular weight excluding hydrogens is 294 g/mol. The fraction of sp³-hybridized carbons (Fsp3) is 0.278. The molecule has 0 aromatic heterocycles. The van der Waals surface area contributed by atoms with Gasteiger partial charge in [0.25, 0.3) is 0 Å². The first-order valence-corrected chi connectivity index (χ1v) is 7.96. The van der Waals surface area contributed by atoms with Crippen molar-refractivity contribution in [2.45, 2.75) is 6.54 Å². The minimum absolute atomic E-state index is 0.742. The molecule has 1 saturated heterocycles. The van der Waals surface area contributed by atoms with Gasteiger partial charge in [0.1, 0.15) is 6.54 Å². The Morgan fingerprint density at radius 3 is 2.59 bits per heavy atom. The first-order chi connectivity index (χ1) is 10.8. The van der Waals surface area contributed by atoms with Crippen LogP contribution in [0.25, 0.3) is 0 Å². The van der Waals surface area contributed by atoms with E-state index in [4.69, 9.17) is 16.9 Å². The maximum Gasteiger partial charge on any atom is 0.103 e. The lowest BCUT2D eigenvalue weighted by molar-refractivity contribution is -0.914. The van der Waals surface area contributed by atoms with E-state index in [-0.39, 0.29) is 0 Å². The van der Waals surface area contributed by atoms with Crippen LogP contribution in [0, 0.1) is 11.3 Å². The number of nitriles is 1. The first kappa shape index (κ1) is 14.9. The van der Waals surface area contributed by atoms with Gasteiger partial charge < -0.3 is 9.80 Å². The van der Waals surface area contributed by atoms with Crippen molar-refractivity contribution >= 4 is 17.3 Å². The summed E-state index contributed by atoms with van der Waals surface area (Å²) in [5, 5.41) is 9.81. The number of nitrogens with one attached hydrogen (secondary N) is 1. The summed E-state index contributed by atoms with van der Waals surface area (Å²) in [6.07, 6.45) is 0. The summed E-state index contributed by atoms with van der Waals surface area (Å²) in [7, 11) is 0. The molecule has 3 rings (SSSR count). The summed E-state index contributed by atoms with van der Waals surface area (Å²) in [6, 6.07) is 18.2. The maximum absolute atomic E-state index is 8.98. The molecule has 1 heterocycles. The molecule has 0 bridgehead atoms. The average Bonchev–Trinajstić information content (AvgIpc) is 2.56. The molecule has 0 saturated carbocycles. The highest BCUT2D eigenvalue weighted by Crippen LogP contribution is 2.24.